The lowest BCUT2D eigenvalue weighted by molar-refractivity contribution is 0.0847. The third kappa shape index (κ3) is 3.65. The van der Waals surface area contributed by atoms with Crippen LogP contribution in [0.3, 0.4) is 0 Å². The van der Waals surface area contributed by atoms with Gasteiger partial charge in [-0.15, -0.1) is 0 Å². The molecule has 3 N–H and O–H groups in total. The average Bonchev–Trinajstić information content (AvgIpc) is 2.77. The summed E-state index contributed by atoms with van der Waals surface area (Å²) >= 11 is 5.82. The van der Waals surface area contributed by atoms with Gasteiger partial charge in [0.25, 0.3) is 5.91 Å². The Morgan fingerprint density at radius 2 is 1.90 bits per heavy atom. The molecule has 0 radical (unpaired) electrons. The first-order valence-electron chi connectivity index (χ1n) is 6.79. The number of benzene rings is 1. The first-order valence-corrected chi connectivity index (χ1v) is 7.17. The van der Waals surface area contributed by atoms with Crippen molar-refractivity contribution >= 4 is 17.5 Å². The van der Waals surface area contributed by atoms with Gasteiger partial charge >= 0.3 is 0 Å². The SMILES string of the molecule is Cc1cc(C)c(C(=O)NC(C)C(O)c2ccc(Cl)cc2)[nH]1. The van der Waals surface area contributed by atoms with Gasteiger partial charge in [0.1, 0.15) is 5.69 Å². The maximum Gasteiger partial charge on any atom is 0.268 e. The van der Waals surface area contributed by atoms with E-state index in [2.05, 4.69) is 10.3 Å². The molecule has 2 unspecified atom stereocenters. The molecule has 2 rings (SSSR count). The van der Waals surface area contributed by atoms with Crippen molar-refractivity contribution in [3.63, 3.8) is 0 Å². The Hall–Kier alpha value is -1.78. The van der Waals surface area contributed by atoms with Gasteiger partial charge in [0, 0.05) is 10.7 Å². The van der Waals surface area contributed by atoms with Crippen LogP contribution in [-0.2, 0) is 0 Å². The lowest BCUT2D eigenvalue weighted by Crippen LogP contribution is -2.37. The van der Waals surface area contributed by atoms with Crippen LogP contribution in [0.4, 0.5) is 0 Å². The molecule has 4 nitrogen and oxygen atoms in total. The van der Waals surface area contributed by atoms with Gasteiger partial charge in [0.2, 0.25) is 0 Å². The number of hydrogen-bond donors (Lipinski definition) is 3. The van der Waals surface area contributed by atoms with Gasteiger partial charge in [-0.3, -0.25) is 4.79 Å². The fraction of sp³-hybridized carbons (Fsp3) is 0.312. The summed E-state index contributed by atoms with van der Waals surface area (Å²) in [5, 5.41) is 13.7. The molecule has 21 heavy (non-hydrogen) atoms. The van der Waals surface area contributed by atoms with E-state index in [1.807, 2.05) is 19.9 Å². The maximum absolute atomic E-state index is 12.2. The molecule has 0 aliphatic carbocycles. The van der Waals surface area contributed by atoms with Crippen LogP contribution in [0.2, 0.25) is 5.02 Å². The zero-order valence-electron chi connectivity index (χ0n) is 12.3. The fourth-order valence-corrected chi connectivity index (χ4v) is 2.40. The largest absolute Gasteiger partial charge is 0.386 e. The highest BCUT2D eigenvalue weighted by atomic mass is 35.5. The molecule has 0 fully saturated rings. The van der Waals surface area contributed by atoms with Gasteiger partial charge in [-0.05, 0) is 50.1 Å². The van der Waals surface area contributed by atoms with Crippen molar-refractivity contribution in [2.45, 2.75) is 32.9 Å². The van der Waals surface area contributed by atoms with E-state index in [0.29, 0.717) is 16.3 Å². The van der Waals surface area contributed by atoms with E-state index >= 15 is 0 Å². The third-order valence-electron chi connectivity index (χ3n) is 3.42. The van der Waals surface area contributed by atoms with Crippen molar-refractivity contribution in [2.24, 2.45) is 0 Å². The van der Waals surface area contributed by atoms with E-state index in [1.165, 1.54) is 0 Å². The van der Waals surface area contributed by atoms with Crippen molar-refractivity contribution in [2.75, 3.05) is 0 Å². The van der Waals surface area contributed by atoms with Crippen LogP contribution < -0.4 is 5.32 Å². The quantitative estimate of drug-likeness (QED) is 0.812. The number of nitrogens with one attached hydrogen (secondary N) is 2. The molecule has 0 saturated heterocycles. The number of aromatic amines is 1. The highest BCUT2D eigenvalue weighted by Crippen LogP contribution is 2.19. The molecule has 2 aromatic rings. The second kappa shape index (κ2) is 6.33. The number of aryl methyl sites for hydroxylation is 2. The summed E-state index contributed by atoms with van der Waals surface area (Å²) in [5.41, 5.74) is 3.07. The van der Waals surface area contributed by atoms with Crippen LogP contribution in [0.5, 0.6) is 0 Å². The Morgan fingerprint density at radius 1 is 1.29 bits per heavy atom. The molecular formula is C16H19ClN2O2. The Bertz CT molecular complexity index is 634. The first-order chi connectivity index (χ1) is 9.88. The summed E-state index contributed by atoms with van der Waals surface area (Å²) in [6, 6.07) is 8.43. The Morgan fingerprint density at radius 3 is 2.43 bits per heavy atom. The van der Waals surface area contributed by atoms with Crippen LogP contribution in [0.15, 0.2) is 30.3 Å². The van der Waals surface area contributed by atoms with Gasteiger partial charge in [0.05, 0.1) is 12.1 Å². The van der Waals surface area contributed by atoms with Gasteiger partial charge in [-0.1, -0.05) is 23.7 Å². The standard InChI is InChI=1S/C16H19ClN2O2/c1-9-8-10(2)18-14(9)16(21)19-11(3)15(20)12-4-6-13(17)7-5-12/h4-8,11,15,18,20H,1-3H3,(H,19,21). The molecule has 1 aromatic carbocycles. The van der Waals surface area contributed by atoms with Crippen LogP contribution in [-0.4, -0.2) is 22.0 Å². The number of aliphatic hydroxyl groups excluding tert-OH is 1. The van der Waals surface area contributed by atoms with Gasteiger partial charge < -0.3 is 15.4 Å². The van der Waals surface area contributed by atoms with E-state index in [1.54, 1.807) is 31.2 Å². The minimum atomic E-state index is -0.789. The molecule has 0 spiro atoms. The van der Waals surface area contributed by atoms with E-state index in [0.717, 1.165) is 11.3 Å². The van der Waals surface area contributed by atoms with Gasteiger partial charge in [-0.25, -0.2) is 0 Å². The fourth-order valence-electron chi connectivity index (χ4n) is 2.27. The molecule has 0 aliphatic rings. The first kappa shape index (κ1) is 15.6. The average molecular weight is 307 g/mol. The van der Waals surface area contributed by atoms with Gasteiger partial charge in [0.15, 0.2) is 0 Å². The van der Waals surface area contributed by atoms with E-state index in [4.69, 9.17) is 11.6 Å². The molecule has 0 aliphatic heterocycles. The number of hydrogen-bond acceptors (Lipinski definition) is 2. The number of carbonyl (C=O) groups excluding carboxylic acids is 1. The van der Waals surface area contributed by atoms with Crippen LogP contribution in [0.25, 0.3) is 0 Å². The Kier molecular flexibility index (Phi) is 4.70. The summed E-state index contributed by atoms with van der Waals surface area (Å²) in [7, 11) is 0. The number of rotatable bonds is 4. The molecular weight excluding hydrogens is 288 g/mol. The molecule has 1 heterocycles. The summed E-state index contributed by atoms with van der Waals surface area (Å²) in [4.78, 5) is 15.2. The van der Waals surface area contributed by atoms with Crippen molar-refractivity contribution in [1.82, 2.24) is 10.3 Å². The van der Waals surface area contributed by atoms with E-state index < -0.39 is 12.1 Å². The number of aromatic nitrogens is 1. The summed E-state index contributed by atoms with van der Waals surface area (Å²) in [6.07, 6.45) is -0.789. The lowest BCUT2D eigenvalue weighted by Gasteiger charge is -2.20. The molecule has 112 valence electrons. The third-order valence-corrected chi connectivity index (χ3v) is 3.67. The summed E-state index contributed by atoms with van der Waals surface area (Å²) in [6.45, 7) is 5.54. The van der Waals surface area contributed by atoms with Crippen molar-refractivity contribution in [1.29, 1.82) is 0 Å². The predicted octanol–water partition coefficient (Wildman–Crippen LogP) is 3.14. The zero-order chi connectivity index (χ0) is 15.6. The Labute approximate surface area is 129 Å². The van der Waals surface area contributed by atoms with Gasteiger partial charge in [-0.2, -0.15) is 0 Å². The van der Waals surface area contributed by atoms with Crippen LogP contribution in [0, 0.1) is 13.8 Å². The normalized spacial score (nSPS) is 13.8. The lowest BCUT2D eigenvalue weighted by atomic mass is 10.0. The predicted molar refractivity (Wildman–Crippen MR) is 83.6 cm³/mol. The molecule has 0 bridgehead atoms. The summed E-state index contributed by atoms with van der Waals surface area (Å²) in [5.74, 6) is -0.221. The van der Waals surface area contributed by atoms with Crippen molar-refractivity contribution in [3.8, 4) is 0 Å². The van der Waals surface area contributed by atoms with E-state index in [-0.39, 0.29) is 5.91 Å². The van der Waals surface area contributed by atoms with Crippen LogP contribution >= 0.6 is 11.6 Å². The molecule has 2 atom stereocenters. The second-order valence-corrected chi connectivity index (χ2v) is 5.71. The van der Waals surface area contributed by atoms with Crippen molar-refractivity contribution in [3.05, 3.63) is 57.9 Å². The highest BCUT2D eigenvalue weighted by molar-refractivity contribution is 6.30. The number of halogens is 1. The smallest absolute Gasteiger partial charge is 0.268 e. The highest BCUT2D eigenvalue weighted by Gasteiger charge is 2.20. The van der Waals surface area contributed by atoms with E-state index in [9.17, 15) is 9.90 Å². The molecule has 0 saturated carbocycles. The minimum Gasteiger partial charge on any atom is -0.386 e. The number of carbonyl (C=O) groups is 1. The number of aliphatic hydroxyl groups is 1. The van der Waals surface area contributed by atoms with Crippen LogP contribution in [0.1, 0.15) is 40.3 Å². The molecule has 5 heteroatoms. The van der Waals surface area contributed by atoms with Crippen molar-refractivity contribution < 1.29 is 9.90 Å². The zero-order valence-corrected chi connectivity index (χ0v) is 13.0. The molecule has 1 aromatic heterocycles. The minimum absolute atomic E-state index is 0.221. The number of amides is 1. The maximum atomic E-state index is 12.2. The Balaban J connectivity index is 2.06. The molecule has 1 amide bonds. The second-order valence-electron chi connectivity index (χ2n) is 5.27. The monoisotopic (exact) mass is 306 g/mol. The topological polar surface area (TPSA) is 65.1 Å². The number of H-pyrrole nitrogens is 1. The summed E-state index contributed by atoms with van der Waals surface area (Å²) < 4.78 is 0.